The van der Waals surface area contributed by atoms with Crippen LogP contribution >= 0.6 is 0 Å². The number of ether oxygens (including phenoxy) is 1. The van der Waals surface area contributed by atoms with Gasteiger partial charge in [-0.2, -0.15) is 0 Å². The van der Waals surface area contributed by atoms with Gasteiger partial charge in [0.15, 0.2) is 11.6 Å². The van der Waals surface area contributed by atoms with Gasteiger partial charge in [-0.1, -0.05) is 53.7 Å². The number of aromatic nitrogens is 2. The zero-order valence-corrected chi connectivity index (χ0v) is 34.6. The summed E-state index contributed by atoms with van der Waals surface area (Å²) in [5, 5.41) is 6.36. The van der Waals surface area contributed by atoms with Crippen LogP contribution in [-0.4, -0.2) is 57.0 Å². The maximum Gasteiger partial charge on any atom is 0.309 e. The molecule has 5 fully saturated rings. The van der Waals surface area contributed by atoms with Crippen molar-refractivity contribution in [3.63, 3.8) is 0 Å². The van der Waals surface area contributed by atoms with Crippen LogP contribution in [0.25, 0.3) is 11.0 Å². The van der Waals surface area contributed by atoms with Gasteiger partial charge in [0.2, 0.25) is 5.91 Å². The molecular formula is C46H62N4O6. The smallest absolute Gasteiger partial charge is 0.309 e. The second-order valence-corrected chi connectivity index (χ2v) is 20.2. The molecule has 56 heavy (non-hydrogen) atoms. The number of hydrogen-bond donors (Lipinski definition) is 3. The minimum atomic E-state index is -1.26. The molecule has 2 amide bonds. The van der Waals surface area contributed by atoms with Crippen molar-refractivity contribution < 1.29 is 28.7 Å². The van der Waals surface area contributed by atoms with Gasteiger partial charge in [-0.05, 0) is 147 Å². The van der Waals surface area contributed by atoms with Gasteiger partial charge in [-0.15, -0.1) is 0 Å². The predicted molar refractivity (Wildman–Crippen MR) is 213 cm³/mol. The van der Waals surface area contributed by atoms with Crippen LogP contribution in [0.4, 0.5) is 0 Å². The number of esters is 1. The third kappa shape index (κ3) is 5.92. The lowest BCUT2D eigenvalue weighted by Crippen LogP contribution is -2.65. The Kier molecular flexibility index (Phi) is 9.51. The maximum absolute atomic E-state index is 14.3. The molecule has 1 aromatic carbocycles. The summed E-state index contributed by atoms with van der Waals surface area (Å²) in [6.07, 6.45) is 9.56. The molecule has 0 bridgehead atoms. The van der Waals surface area contributed by atoms with Crippen molar-refractivity contribution in [1.82, 2.24) is 20.6 Å². The van der Waals surface area contributed by atoms with Crippen molar-refractivity contribution in [1.29, 1.82) is 0 Å². The molecule has 10 nitrogen and oxygen atoms in total. The van der Waals surface area contributed by atoms with Crippen LogP contribution < -0.4 is 10.6 Å². The van der Waals surface area contributed by atoms with Gasteiger partial charge in [0.05, 0.1) is 22.5 Å². The number of carbonyl (C=O) groups is 5. The number of amides is 2. The second kappa shape index (κ2) is 13.6. The summed E-state index contributed by atoms with van der Waals surface area (Å²) in [5.74, 6) is 1.17. The van der Waals surface area contributed by atoms with Gasteiger partial charge in [0, 0.05) is 12.3 Å². The zero-order valence-electron chi connectivity index (χ0n) is 34.6. The van der Waals surface area contributed by atoms with Crippen LogP contribution in [0.1, 0.15) is 130 Å². The summed E-state index contributed by atoms with van der Waals surface area (Å²) in [7, 11) is 0. The number of rotatable bonds is 8. The van der Waals surface area contributed by atoms with E-state index in [1.807, 2.05) is 31.2 Å². The maximum atomic E-state index is 14.3. The molecule has 0 aliphatic heterocycles. The minimum absolute atomic E-state index is 0.0318. The lowest BCUT2D eigenvalue weighted by atomic mass is 9.38. The van der Waals surface area contributed by atoms with Crippen molar-refractivity contribution in [2.45, 2.75) is 137 Å². The fourth-order valence-corrected chi connectivity index (χ4v) is 13.6. The van der Waals surface area contributed by atoms with Crippen molar-refractivity contribution >= 4 is 40.9 Å². The molecule has 2 aromatic rings. The average molecular weight is 767 g/mol. The lowest BCUT2D eigenvalue weighted by molar-refractivity contribution is -0.195. The monoisotopic (exact) mass is 766 g/mol. The van der Waals surface area contributed by atoms with Crippen LogP contribution in [0.3, 0.4) is 0 Å². The number of Topliss-reactive ketones (excluding diaryl/α,β-unsaturated/α-hetero) is 1. The molecule has 12 unspecified atom stereocenters. The van der Waals surface area contributed by atoms with Crippen molar-refractivity contribution in [2.24, 2.45) is 64.1 Å². The Bertz CT molecular complexity index is 1970. The Morgan fingerprint density at radius 2 is 1.66 bits per heavy atom. The summed E-state index contributed by atoms with van der Waals surface area (Å²) < 4.78 is 6.27. The molecule has 8 rings (SSSR count). The SMILES string of the molecule is CC(C)C1=C2C3CCC4C(C)(CCC5C(C)C(OC(=O)C6CC(C=O)C6C)CCC54C)C3CCC2(NC(=O)C(C)(C)NC(=O)c2nc3ccccc3[nH]2)CC1=O. The Morgan fingerprint density at radius 1 is 0.964 bits per heavy atom. The van der Waals surface area contributed by atoms with Crippen LogP contribution in [-0.2, 0) is 23.9 Å². The highest BCUT2D eigenvalue weighted by atomic mass is 16.5. The van der Waals surface area contributed by atoms with Crippen LogP contribution in [0.5, 0.6) is 0 Å². The Morgan fingerprint density at radius 3 is 2.36 bits per heavy atom. The normalized spacial score (nSPS) is 39.2. The molecule has 10 heteroatoms. The fourth-order valence-electron chi connectivity index (χ4n) is 13.6. The van der Waals surface area contributed by atoms with E-state index in [0.717, 1.165) is 62.3 Å². The predicted octanol–water partition coefficient (Wildman–Crippen LogP) is 7.52. The zero-order chi connectivity index (χ0) is 40.1. The van der Waals surface area contributed by atoms with Crippen molar-refractivity contribution in [3.05, 3.63) is 41.2 Å². The number of benzene rings is 1. The number of ketones is 1. The molecule has 3 N–H and O–H groups in total. The number of aldehydes is 1. The molecule has 1 aromatic heterocycles. The number of fused-ring (bicyclic) bond motifs is 8. The van der Waals surface area contributed by atoms with Crippen LogP contribution in [0.2, 0.25) is 0 Å². The lowest BCUT2D eigenvalue weighted by Gasteiger charge is -2.67. The highest BCUT2D eigenvalue weighted by Gasteiger charge is 2.65. The quantitative estimate of drug-likeness (QED) is 0.186. The number of nitrogens with zero attached hydrogens (tertiary/aromatic N) is 1. The molecule has 0 spiro atoms. The molecule has 5 saturated carbocycles. The van der Waals surface area contributed by atoms with E-state index in [4.69, 9.17) is 4.74 Å². The average Bonchev–Trinajstić information content (AvgIpc) is 3.71. The molecule has 1 heterocycles. The van der Waals surface area contributed by atoms with E-state index in [-0.39, 0.29) is 82.3 Å². The minimum Gasteiger partial charge on any atom is -0.462 e. The van der Waals surface area contributed by atoms with Gasteiger partial charge in [-0.3, -0.25) is 19.2 Å². The molecule has 12 atom stereocenters. The number of imidazole rings is 1. The molecule has 302 valence electrons. The van der Waals surface area contributed by atoms with E-state index < -0.39 is 17.0 Å². The van der Waals surface area contributed by atoms with E-state index in [9.17, 15) is 24.0 Å². The number of allylic oxidation sites excluding steroid dienone is 1. The summed E-state index contributed by atoms with van der Waals surface area (Å²) in [4.78, 5) is 73.9. The van der Waals surface area contributed by atoms with Gasteiger partial charge in [0.25, 0.3) is 5.91 Å². The van der Waals surface area contributed by atoms with Gasteiger partial charge >= 0.3 is 5.97 Å². The summed E-state index contributed by atoms with van der Waals surface area (Å²) >= 11 is 0. The van der Waals surface area contributed by atoms with E-state index in [2.05, 4.69) is 55.2 Å². The highest BCUT2D eigenvalue weighted by Crippen LogP contribution is 2.70. The summed E-state index contributed by atoms with van der Waals surface area (Å²) in [5.41, 5.74) is 1.68. The van der Waals surface area contributed by atoms with E-state index >= 15 is 0 Å². The van der Waals surface area contributed by atoms with E-state index in [1.165, 1.54) is 5.57 Å². The van der Waals surface area contributed by atoms with Crippen molar-refractivity contribution in [2.75, 3.05) is 0 Å². The largest absolute Gasteiger partial charge is 0.462 e. The molecular weight excluding hydrogens is 705 g/mol. The number of hydrogen-bond acceptors (Lipinski definition) is 7. The van der Waals surface area contributed by atoms with E-state index in [0.29, 0.717) is 36.1 Å². The molecule has 6 aliphatic carbocycles. The molecule has 6 aliphatic rings. The third-order valence-corrected chi connectivity index (χ3v) is 16.7. The second-order valence-electron chi connectivity index (χ2n) is 20.2. The van der Waals surface area contributed by atoms with Gasteiger partial charge < -0.3 is 25.1 Å². The first-order valence-electron chi connectivity index (χ1n) is 21.5. The van der Waals surface area contributed by atoms with Gasteiger partial charge in [-0.25, -0.2) is 4.98 Å². The first kappa shape index (κ1) is 39.0. The third-order valence-electron chi connectivity index (χ3n) is 16.7. The van der Waals surface area contributed by atoms with Crippen molar-refractivity contribution in [3.8, 4) is 0 Å². The van der Waals surface area contributed by atoms with E-state index in [1.54, 1.807) is 13.8 Å². The number of aromatic amines is 1. The molecule has 0 saturated heterocycles. The first-order valence-corrected chi connectivity index (χ1v) is 21.5. The Balaban J connectivity index is 1.01. The fraction of sp³-hybridized carbons (Fsp3) is 0.696. The number of para-hydroxylation sites is 2. The highest BCUT2D eigenvalue weighted by molar-refractivity contribution is 6.03. The first-order chi connectivity index (χ1) is 26.4. The Hall–Kier alpha value is -3.82. The van der Waals surface area contributed by atoms with Gasteiger partial charge in [0.1, 0.15) is 17.9 Å². The standard InChI is InChI=1S/C46H62N4O6/c1-24(2)37-34(52)22-46(50-42(55)43(5,6)49-40(53)39-47-32-11-9-10-12-33(32)48-39)20-16-31-28(38(37)46)13-14-36-44(7)19-17-35(26(4)30(44)15-18-45(31,36)8)56-41(54)29-21-27(23-51)25(29)3/h9-12,23-31,35-36H,13-22H2,1-8H3,(H,47,48)(H,49,53)(H,50,55). The summed E-state index contributed by atoms with van der Waals surface area (Å²) in [6.45, 7) is 17.0. The molecule has 0 radical (unpaired) electrons. The number of carbonyl (C=O) groups excluding carboxylic acids is 5. The summed E-state index contributed by atoms with van der Waals surface area (Å²) in [6, 6.07) is 7.43. The number of H-pyrrole nitrogens is 1. The van der Waals surface area contributed by atoms with Crippen LogP contribution in [0.15, 0.2) is 35.4 Å². The van der Waals surface area contributed by atoms with Crippen LogP contribution in [0, 0.1) is 64.1 Å². The topological polar surface area (TPSA) is 147 Å². The number of nitrogens with one attached hydrogen (secondary N) is 3. The Labute approximate surface area is 331 Å².